The first-order valence-electron chi connectivity index (χ1n) is 10.3. The molecular formula is C22H36O2. The van der Waals surface area contributed by atoms with Crippen LogP contribution >= 0.6 is 0 Å². The first kappa shape index (κ1) is 18.2. The normalized spacial score (nSPS) is 37.2. The smallest absolute Gasteiger partial charge is 0.137 e. The molecule has 24 heavy (non-hydrogen) atoms. The highest BCUT2D eigenvalue weighted by Gasteiger charge is 2.55. The Morgan fingerprint density at radius 1 is 1.12 bits per heavy atom. The Morgan fingerprint density at radius 2 is 1.83 bits per heavy atom. The minimum absolute atomic E-state index is 0.0367. The van der Waals surface area contributed by atoms with Crippen molar-refractivity contribution >= 4 is 5.78 Å². The standard InChI is InChI=1S/C22H36O2/c1-5-20-19-10-8-15-14-16(23)9-11-17(15)18(19)12-13-21(20,4)22(24,6-2)7-3/h18-20,24H,5-14H2,1-4H3/t18-,19-,20+,21+/m1/s1. The highest BCUT2D eigenvalue weighted by atomic mass is 16.3. The Balaban J connectivity index is 1.93. The summed E-state index contributed by atoms with van der Waals surface area (Å²) in [6.45, 7) is 9.01. The third-order valence-electron chi connectivity index (χ3n) is 8.26. The van der Waals surface area contributed by atoms with E-state index < -0.39 is 5.60 Å². The van der Waals surface area contributed by atoms with E-state index in [4.69, 9.17) is 0 Å². The Hall–Kier alpha value is -0.630. The SMILES string of the molecule is CC[C@H]1[C@@H]2CCC3=C(CCC(=O)C3)[C@H]2CC[C@]1(C)C(O)(CC)CC. The van der Waals surface area contributed by atoms with Gasteiger partial charge < -0.3 is 5.11 Å². The molecule has 0 aromatic rings. The van der Waals surface area contributed by atoms with Crippen LogP contribution in [0, 0.1) is 23.2 Å². The monoisotopic (exact) mass is 332 g/mol. The van der Waals surface area contributed by atoms with E-state index in [0.29, 0.717) is 23.5 Å². The average Bonchev–Trinajstić information content (AvgIpc) is 2.60. The molecule has 136 valence electrons. The molecule has 0 saturated heterocycles. The van der Waals surface area contributed by atoms with Crippen LogP contribution in [0.2, 0.25) is 0 Å². The minimum Gasteiger partial charge on any atom is -0.389 e. The summed E-state index contributed by atoms with van der Waals surface area (Å²) < 4.78 is 0. The highest BCUT2D eigenvalue weighted by Crippen LogP contribution is 2.60. The van der Waals surface area contributed by atoms with Gasteiger partial charge in [-0.3, -0.25) is 4.79 Å². The van der Waals surface area contributed by atoms with Crippen LogP contribution in [-0.4, -0.2) is 16.5 Å². The molecule has 3 aliphatic rings. The van der Waals surface area contributed by atoms with Gasteiger partial charge in [0.1, 0.15) is 5.78 Å². The van der Waals surface area contributed by atoms with Crippen molar-refractivity contribution in [3.63, 3.8) is 0 Å². The number of carbonyl (C=O) groups is 1. The predicted molar refractivity (Wildman–Crippen MR) is 98.8 cm³/mol. The maximum Gasteiger partial charge on any atom is 0.137 e. The average molecular weight is 333 g/mol. The molecule has 0 aromatic carbocycles. The lowest BCUT2D eigenvalue weighted by atomic mass is 9.48. The van der Waals surface area contributed by atoms with Crippen LogP contribution < -0.4 is 0 Å². The number of allylic oxidation sites excluding steroid dienone is 2. The quantitative estimate of drug-likeness (QED) is 0.696. The summed E-state index contributed by atoms with van der Waals surface area (Å²) in [5.41, 5.74) is 2.65. The summed E-state index contributed by atoms with van der Waals surface area (Å²) in [5, 5.41) is 11.4. The van der Waals surface area contributed by atoms with E-state index in [1.807, 2.05) is 0 Å². The molecule has 1 fully saturated rings. The number of Topliss-reactive ketones (excluding diaryl/α,β-unsaturated/α-hetero) is 1. The van der Waals surface area contributed by atoms with Gasteiger partial charge in [0.25, 0.3) is 0 Å². The molecule has 0 bridgehead atoms. The molecule has 1 N–H and O–H groups in total. The molecule has 0 heterocycles. The van der Waals surface area contributed by atoms with Crippen molar-refractivity contribution in [2.24, 2.45) is 23.2 Å². The Labute approximate surface area is 148 Å². The van der Waals surface area contributed by atoms with Gasteiger partial charge in [0.05, 0.1) is 5.60 Å². The zero-order chi connectivity index (χ0) is 17.5. The van der Waals surface area contributed by atoms with Crippen molar-refractivity contribution < 1.29 is 9.90 Å². The van der Waals surface area contributed by atoms with Gasteiger partial charge in [0.15, 0.2) is 0 Å². The third kappa shape index (κ3) is 2.60. The minimum atomic E-state index is -0.532. The number of aliphatic hydroxyl groups is 1. The van der Waals surface area contributed by atoms with Gasteiger partial charge in [-0.1, -0.05) is 45.3 Å². The Bertz CT molecular complexity index is 528. The molecule has 0 aliphatic heterocycles. The van der Waals surface area contributed by atoms with Crippen LogP contribution in [0.15, 0.2) is 11.1 Å². The van der Waals surface area contributed by atoms with Crippen molar-refractivity contribution in [2.75, 3.05) is 0 Å². The van der Waals surface area contributed by atoms with Gasteiger partial charge >= 0.3 is 0 Å². The van der Waals surface area contributed by atoms with E-state index in [9.17, 15) is 9.90 Å². The lowest BCUT2D eigenvalue weighted by Gasteiger charge is -2.58. The summed E-state index contributed by atoms with van der Waals surface area (Å²) in [5.74, 6) is 2.46. The number of hydrogen-bond donors (Lipinski definition) is 1. The molecule has 2 heteroatoms. The first-order chi connectivity index (χ1) is 11.4. The van der Waals surface area contributed by atoms with Gasteiger partial charge in [-0.25, -0.2) is 0 Å². The predicted octanol–water partition coefficient (Wildman–Crippen LogP) is 5.44. The Kier molecular flexibility index (Phi) is 4.99. The lowest BCUT2D eigenvalue weighted by molar-refractivity contribution is -0.154. The van der Waals surface area contributed by atoms with Gasteiger partial charge in [-0.05, 0) is 68.1 Å². The lowest BCUT2D eigenvalue weighted by Crippen LogP contribution is -2.56. The molecule has 0 aromatic heterocycles. The van der Waals surface area contributed by atoms with Crippen molar-refractivity contribution in [1.29, 1.82) is 0 Å². The van der Waals surface area contributed by atoms with E-state index in [0.717, 1.165) is 44.9 Å². The van der Waals surface area contributed by atoms with Crippen molar-refractivity contribution in [3.05, 3.63) is 11.1 Å². The third-order valence-corrected chi connectivity index (χ3v) is 8.26. The zero-order valence-corrected chi connectivity index (χ0v) is 16.2. The fourth-order valence-corrected chi connectivity index (χ4v) is 6.76. The van der Waals surface area contributed by atoms with Crippen LogP contribution in [0.3, 0.4) is 0 Å². The fraction of sp³-hybridized carbons (Fsp3) is 0.864. The molecular weight excluding hydrogens is 296 g/mol. The second kappa shape index (κ2) is 6.59. The van der Waals surface area contributed by atoms with Crippen molar-refractivity contribution in [3.8, 4) is 0 Å². The Morgan fingerprint density at radius 3 is 2.46 bits per heavy atom. The van der Waals surface area contributed by atoms with E-state index in [2.05, 4.69) is 27.7 Å². The van der Waals surface area contributed by atoms with E-state index in [-0.39, 0.29) is 5.41 Å². The summed E-state index contributed by atoms with van der Waals surface area (Å²) >= 11 is 0. The summed E-state index contributed by atoms with van der Waals surface area (Å²) in [6, 6.07) is 0. The number of ketones is 1. The maximum atomic E-state index is 11.8. The van der Waals surface area contributed by atoms with Gasteiger partial charge in [-0.2, -0.15) is 0 Å². The second-order valence-corrected chi connectivity index (χ2v) is 8.86. The van der Waals surface area contributed by atoms with E-state index in [1.54, 1.807) is 5.57 Å². The van der Waals surface area contributed by atoms with Crippen LogP contribution in [0.25, 0.3) is 0 Å². The summed E-state index contributed by atoms with van der Waals surface area (Å²) in [6.07, 6.45) is 10.1. The number of rotatable bonds is 4. The second-order valence-electron chi connectivity index (χ2n) is 8.86. The van der Waals surface area contributed by atoms with Gasteiger partial charge in [-0.15, -0.1) is 0 Å². The number of hydrogen-bond acceptors (Lipinski definition) is 2. The van der Waals surface area contributed by atoms with Crippen LogP contribution in [-0.2, 0) is 4.79 Å². The molecule has 0 unspecified atom stereocenters. The molecule has 1 saturated carbocycles. The largest absolute Gasteiger partial charge is 0.389 e. The molecule has 0 radical (unpaired) electrons. The van der Waals surface area contributed by atoms with Crippen molar-refractivity contribution in [2.45, 2.75) is 97.5 Å². The fourth-order valence-electron chi connectivity index (χ4n) is 6.76. The number of carbonyl (C=O) groups excluding carboxylic acids is 1. The van der Waals surface area contributed by atoms with E-state index in [1.165, 1.54) is 24.8 Å². The molecule has 3 aliphatic carbocycles. The van der Waals surface area contributed by atoms with Crippen LogP contribution in [0.4, 0.5) is 0 Å². The van der Waals surface area contributed by atoms with Gasteiger partial charge in [0.2, 0.25) is 0 Å². The molecule has 0 amide bonds. The van der Waals surface area contributed by atoms with Crippen LogP contribution in [0.1, 0.15) is 91.9 Å². The van der Waals surface area contributed by atoms with E-state index >= 15 is 0 Å². The summed E-state index contributed by atoms with van der Waals surface area (Å²) in [7, 11) is 0. The zero-order valence-electron chi connectivity index (χ0n) is 16.2. The highest BCUT2D eigenvalue weighted by molar-refractivity contribution is 5.82. The molecule has 0 spiro atoms. The maximum absolute atomic E-state index is 11.8. The molecule has 2 nitrogen and oxygen atoms in total. The number of fused-ring (bicyclic) bond motifs is 2. The summed E-state index contributed by atoms with van der Waals surface area (Å²) in [4.78, 5) is 11.8. The first-order valence-corrected chi connectivity index (χ1v) is 10.3. The molecule has 4 atom stereocenters. The van der Waals surface area contributed by atoms with Crippen LogP contribution in [0.5, 0.6) is 0 Å². The molecule has 3 rings (SSSR count). The topological polar surface area (TPSA) is 37.3 Å². The van der Waals surface area contributed by atoms with Crippen molar-refractivity contribution in [1.82, 2.24) is 0 Å². The van der Waals surface area contributed by atoms with Gasteiger partial charge in [0, 0.05) is 12.8 Å².